The molecule has 0 radical (unpaired) electrons. The molecule has 0 aromatic heterocycles. The van der Waals surface area contributed by atoms with Gasteiger partial charge in [0.05, 0.1) is 20.8 Å². The van der Waals surface area contributed by atoms with E-state index in [2.05, 4.69) is 17.6 Å². The minimum absolute atomic E-state index is 0.134. The van der Waals surface area contributed by atoms with Crippen molar-refractivity contribution in [3.8, 4) is 17.2 Å². The number of nitrogens with one attached hydrogen (secondary N) is 2. The number of likely N-dealkylation sites (N-methyl/N-ethyl adjacent to an activating group) is 1. The summed E-state index contributed by atoms with van der Waals surface area (Å²) in [6, 6.07) is 3.38. The van der Waals surface area contributed by atoms with Gasteiger partial charge in [-0.05, 0) is 38.4 Å². The van der Waals surface area contributed by atoms with E-state index in [1.165, 1.54) is 0 Å². The van der Waals surface area contributed by atoms with Crippen LogP contribution in [0, 0.1) is 0 Å². The molecule has 1 amide bonds. The summed E-state index contributed by atoms with van der Waals surface area (Å²) in [5.74, 6) is 1.34. The normalized spacial score (nSPS) is 15.9. The van der Waals surface area contributed by atoms with Gasteiger partial charge in [-0.1, -0.05) is 13.3 Å². The van der Waals surface area contributed by atoms with Crippen LogP contribution in [0.5, 0.6) is 17.2 Å². The van der Waals surface area contributed by atoms with Gasteiger partial charge in [-0.3, -0.25) is 4.79 Å². The van der Waals surface area contributed by atoms with Crippen LogP contribution in [0.25, 0.3) is 0 Å². The highest BCUT2D eigenvalue weighted by molar-refractivity contribution is 5.95. The molecule has 1 aromatic carbocycles. The number of carbonyl (C=O) groups excluding carboxylic acids is 1. The molecule has 7 nitrogen and oxygen atoms in total. The number of carbonyl (C=O) groups is 1. The monoisotopic (exact) mass is 380 g/mol. The number of ether oxygens (including phenoxy) is 4. The molecule has 0 saturated carbocycles. The first-order chi connectivity index (χ1) is 13.1. The van der Waals surface area contributed by atoms with Crippen LogP contribution in [-0.2, 0) is 4.74 Å². The fourth-order valence-corrected chi connectivity index (χ4v) is 3.10. The van der Waals surface area contributed by atoms with Gasteiger partial charge in [-0.25, -0.2) is 0 Å². The smallest absolute Gasteiger partial charge is 0.251 e. The highest BCUT2D eigenvalue weighted by Crippen LogP contribution is 2.38. The summed E-state index contributed by atoms with van der Waals surface area (Å²) in [6.07, 6.45) is 3.69. The molecule has 0 spiro atoms. The summed E-state index contributed by atoms with van der Waals surface area (Å²) in [5.41, 5.74) is 0.343. The summed E-state index contributed by atoms with van der Waals surface area (Å²) in [5, 5.41) is 6.37. The molecule has 152 valence electrons. The van der Waals surface area contributed by atoms with Crippen molar-refractivity contribution in [1.29, 1.82) is 0 Å². The van der Waals surface area contributed by atoms with Crippen molar-refractivity contribution < 1.29 is 23.7 Å². The predicted octanol–water partition coefficient (Wildman–Crippen LogP) is 2.38. The lowest BCUT2D eigenvalue weighted by Gasteiger charge is -2.37. The lowest BCUT2D eigenvalue weighted by Crippen LogP contribution is -2.55. The second kappa shape index (κ2) is 10.4. The highest BCUT2D eigenvalue weighted by Gasteiger charge is 2.31. The van der Waals surface area contributed by atoms with Gasteiger partial charge in [0.25, 0.3) is 5.91 Å². The van der Waals surface area contributed by atoms with Gasteiger partial charge >= 0.3 is 0 Å². The number of unbranched alkanes of at least 4 members (excludes halogenated alkanes) is 1. The first-order valence-corrected chi connectivity index (χ1v) is 9.53. The fourth-order valence-electron chi connectivity index (χ4n) is 3.10. The molecule has 1 aromatic rings. The topological polar surface area (TPSA) is 78.1 Å². The molecule has 0 bridgehead atoms. The minimum Gasteiger partial charge on any atom is -0.493 e. The molecule has 2 N–H and O–H groups in total. The Morgan fingerprint density at radius 1 is 1.19 bits per heavy atom. The van der Waals surface area contributed by atoms with Crippen LogP contribution in [-0.4, -0.2) is 59.1 Å². The summed E-state index contributed by atoms with van der Waals surface area (Å²) < 4.78 is 22.1. The average molecular weight is 380 g/mol. The van der Waals surface area contributed by atoms with E-state index < -0.39 is 0 Å². The Labute approximate surface area is 161 Å². The van der Waals surface area contributed by atoms with Crippen LogP contribution in [0.1, 0.15) is 43.0 Å². The number of amides is 1. The van der Waals surface area contributed by atoms with Gasteiger partial charge in [-0.2, -0.15) is 0 Å². The standard InChI is InChI=1S/C20H32N2O5/c1-5-6-9-27-18-16(24-3)12-15(13-17(18)25-4)19(23)22-14-20(21-2)7-10-26-11-8-20/h12-13,21H,5-11,14H2,1-4H3,(H,22,23). The van der Waals surface area contributed by atoms with Crippen LogP contribution >= 0.6 is 0 Å². The van der Waals surface area contributed by atoms with Crippen LogP contribution < -0.4 is 24.8 Å². The highest BCUT2D eigenvalue weighted by atomic mass is 16.5. The van der Waals surface area contributed by atoms with Gasteiger partial charge < -0.3 is 29.6 Å². The zero-order valence-electron chi connectivity index (χ0n) is 16.9. The van der Waals surface area contributed by atoms with Gasteiger partial charge in [0.15, 0.2) is 11.5 Å². The third-order valence-corrected chi connectivity index (χ3v) is 5.03. The average Bonchev–Trinajstić information content (AvgIpc) is 2.72. The summed E-state index contributed by atoms with van der Waals surface area (Å²) >= 11 is 0. The molecule has 2 rings (SSSR count). The van der Waals surface area contributed by atoms with E-state index in [-0.39, 0.29) is 11.4 Å². The first kappa shape index (κ1) is 21.3. The van der Waals surface area contributed by atoms with E-state index in [0.717, 1.165) is 25.7 Å². The maximum Gasteiger partial charge on any atom is 0.251 e. The molecule has 1 saturated heterocycles. The van der Waals surface area contributed by atoms with E-state index in [1.807, 2.05) is 7.05 Å². The number of hydrogen-bond donors (Lipinski definition) is 2. The molecule has 1 fully saturated rings. The van der Waals surface area contributed by atoms with E-state index in [9.17, 15) is 4.79 Å². The Hall–Kier alpha value is -1.99. The zero-order valence-corrected chi connectivity index (χ0v) is 16.9. The SMILES string of the molecule is CCCCOc1c(OC)cc(C(=O)NCC2(NC)CCOCC2)cc1OC. The summed E-state index contributed by atoms with van der Waals surface area (Å²) in [4.78, 5) is 12.7. The van der Waals surface area contributed by atoms with Crippen LogP contribution in [0.2, 0.25) is 0 Å². The summed E-state index contributed by atoms with van der Waals surface area (Å²) in [7, 11) is 5.04. The molecule has 1 heterocycles. The van der Waals surface area contributed by atoms with Crippen LogP contribution in [0.4, 0.5) is 0 Å². The number of methoxy groups -OCH3 is 2. The van der Waals surface area contributed by atoms with Crippen molar-refractivity contribution in [2.45, 2.75) is 38.1 Å². The largest absolute Gasteiger partial charge is 0.493 e. The first-order valence-electron chi connectivity index (χ1n) is 9.53. The second-order valence-corrected chi connectivity index (χ2v) is 6.74. The molecule has 0 atom stereocenters. The third-order valence-electron chi connectivity index (χ3n) is 5.03. The Bertz CT molecular complexity index is 589. The lowest BCUT2D eigenvalue weighted by molar-refractivity contribution is 0.0404. The Balaban J connectivity index is 2.13. The van der Waals surface area contributed by atoms with Gasteiger partial charge in [-0.15, -0.1) is 0 Å². The van der Waals surface area contributed by atoms with E-state index in [4.69, 9.17) is 18.9 Å². The van der Waals surface area contributed by atoms with Gasteiger partial charge in [0.1, 0.15) is 0 Å². The van der Waals surface area contributed by atoms with Gasteiger partial charge in [0, 0.05) is 30.9 Å². The van der Waals surface area contributed by atoms with Crippen molar-refractivity contribution in [1.82, 2.24) is 10.6 Å². The molecule has 27 heavy (non-hydrogen) atoms. The Morgan fingerprint density at radius 3 is 2.33 bits per heavy atom. The maximum absolute atomic E-state index is 12.7. The van der Waals surface area contributed by atoms with E-state index >= 15 is 0 Å². The second-order valence-electron chi connectivity index (χ2n) is 6.74. The maximum atomic E-state index is 12.7. The quantitative estimate of drug-likeness (QED) is 0.607. The minimum atomic E-state index is -0.173. The number of benzene rings is 1. The zero-order chi connectivity index (χ0) is 19.7. The molecular formula is C20H32N2O5. The Kier molecular flexibility index (Phi) is 8.19. The van der Waals surface area contributed by atoms with Crippen molar-refractivity contribution in [3.63, 3.8) is 0 Å². The molecule has 1 aliphatic rings. The molecule has 7 heteroatoms. The van der Waals surface area contributed by atoms with Crippen LogP contribution in [0.3, 0.4) is 0 Å². The summed E-state index contributed by atoms with van der Waals surface area (Å²) in [6.45, 7) is 4.60. The van der Waals surface area contributed by atoms with Crippen LogP contribution in [0.15, 0.2) is 12.1 Å². The number of rotatable bonds is 10. The van der Waals surface area contributed by atoms with Crippen molar-refractivity contribution in [3.05, 3.63) is 17.7 Å². The molecule has 0 unspecified atom stereocenters. The van der Waals surface area contributed by atoms with Gasteiger partial charge in [0.2, 0.25) is 5.75 Å². The van der Waals surface area contributed by atoms with Crippen molar-refractivity contribution >= 4 is 5.91 Å². The Morgan fingerprint density at radius 2 is 1.81 bits per heavy atom. The van der Waals surface area contributed by atoms with Crippen molar-refractivity contribution in [2.24, 2.45) is 0 Å². The van der Waals surface area contributed by atoms with Crippen molar-refractivity contribution in [2.75, 3.05) is 47.6 Å². The lowest BCUT2D eigenvalue weighted by atomic mass is 9.90. The molecular weight excluding hydrogens is 348 g/mol. The molecule has 1 aliphatic heterocycles. The van der Waals surface area contributed by atoms with E-state index in [1.54, 1.807) is 26.4 Å². The fraction of sp³-hybridized carbons (Fsp3) is 0.650. The number of hydrogen-bond acceptors (Lipinski definition) is 6. The predicted molar refractivity (Wildman–Crippen MR) is 104 cm³/mol. The third kappa shape index (κ3) is 5.49. The van der Waals surface area contributed by atoms with E-state index in [0.29, 0.717) is 49.2 Å². The molecule has 0 aliphatic carbocycles.